The molecule has 2 aromatic rings. The molecule has 2 aromatic carbocycles. The first-order valence-electron chi connectivity index (χ1n) is 13.1. The number of ether oxygens (including phenoxy) is 2. The lowest BCUT2D eigenvalue weighted by Crippen LogP contribution is -2.37. The second-order valence-corrected chi connectivity index (χ2v) is 11.8. The zero-order chi connectivity index (χ0) is 28.7. The third-order valence-electron chi connectivity index (χ3n) is 7.61. The fourth-order valence-corrected chi connectivity index (χ4v) is 6.69. The van der Waals surface area contributed by atoms with E-state index in [1.807, 2.05) is 13.8 Å². The number of benzene rings is 2. The summed E-state index contributed by atoms with van der Waals surface area (Å²) in [6.45, 7) is 3.61. The van der Waals surface area contributed by atoms with Gasteiger partial charge in [-0.3, -0.25) is 19.3 Å². The normalized spacial score (nSPS) is 26.7. The first kappa shape index (κ1) is 28.1. The van der Waals surface area contributed by atoms with Crippen LogP contribution >= 0.6 is 23.2 Å². The number of esters is 2. The van der Waals surface area contributed by atoms with Crippen molar-refractivity contribution in [1.29, 1.82) is 0 Å². The van der Waals surface area contributed by atoms with Crippen molar-refractivity contribution in [3.63, 3.8) is 0 Å². The fourth-order valence-electron chi connectivity index (χ4n) is 5.80. The minimum Gasteiger partial charge on any atom is -0.462 e. The average Bonchev–Trinajstić information content (AvgIpc) is 3.55. The number of hydrogen-bond acceptors (Lipinski definition) is 7. The summed E-state index contributed by atoms with van der Waals surface area (Å²) >= 11 is 12.8. The molecule has 1 saturated heterocycles. The molecule has 2 saturated carbocycles. The minimum absolute atomic E-state index is 0.0839. The quantitative estimate of drug-likeness (QED) is 0.279. The topological polar surface area (TPSA) is 119 Å². The molecular weight excluding hydrogens is 559 g/mol. The van der Waals surface area contributed by atoms with Gasteiger partial charge in [-0.05, 0) is 66.6 Å². The van der Waals surface area contributed by atoms with Crippen LogP contribution in [0.2, 0.25) is 0 Å². The van der Waals surface area contributed by atoms with Gasteiger partial charge in [0, 0.05) is 5.69 Å². The number of hydrogen-bond donors (Lipinski definition) is 1. The first-order chi connectivity index (χ1) is 19.1. The Kier molecular flexibility index (Phi) is 7.88. The molecule has 5 rings (SSSR count). The number of carbonyl (C=O) groups excluding carboxylic acids is 5. The number of fused-ring (bicyclic) bond motifs is 5. The number of nitrogens with zero attached hydrogens (tertiary/aromatic N) is 1. The van der Waals surface area contributed by atoms with Crippen LogP contribution in [-0.2, 0) is 23.9 Å². The van der Waals surface area contributed by atoms with E-state index in [1.54, 1.807) is 18.2 Å². The summed E-state index contributed by atoms with van der Waals surface area (Å²) < 4.78 is 10.3. The molecule has 0 aromatic heterocycles. The van der Waals surface area contributed by atoms with Gasteiger partial charge in [-0.2, -0.15) is 0 Å². The van der Waals surface area contributed by atoms with Crippen molar-refractivity contribution >= 4 is 64.2 Å². The number of anilines is 2. The van der Waals surface area contributed by atoms with Crippen LogP contribution in [0.15, 0.2) is 48.5 Å². The van der Waals surface area contributed by atoms with E-state index in [1.165, 1.54) is 30.3 Å². The predicted molar refractivity (Wildman–Crippen MR) is 147 cm³/mol. The van der Waals surface area contributed by atoms with Crippen molar-refractivity contribution in [1.82, 2.24) is 0 Å². The molecule has 11 heteroatoms. The second kappa shape index (κ2) is 11.2. The van der Waals surface area contributed by atoms with Crippen LogP contribution in [0.1, 0.15) is 41.0 Å². The molecule has 210 valence electrons. The molecule has 1 N–H and O–H groups in total. The molecule has 40 heavy (non-hydrogen) atoms. The van der Waals surface area contributed by atoms with E-state index in [0.717, 1.165) is 4.90 Å². The van der Waals surface area contributed by atoms with Crippen molar-refractivity contribution in [2.75, 3.05) is 23.4 Å². The summed E-state index contributed by atoms with van der Waals surface area (Å²) in [6, 6.07) is 12.1. The van der Waals surface area contributed by atoms with Crippen molar-refractivity contribution in [3.05, 3.63) is 59.7 Å². The molecule has 2 aliphatic carbocycles. The van der Waals surface area contributed by atoms with Gasteiger partial charge in [0.1, 0.15) is 0 Å². The van der Waals surface area contributed by atoms with Crippen molar-refractivity contribution in [3.8, 4) is 0 Å². The van der Waals surface area contributed by atoms with Crippen LogP contribution in [0.4, 0.5) is 11.4 Å². The average molecular weight is 587 g/mol. The maximum absolute atomic E-state index is 13.2. The SMILES string of the molecule is CC(C)COC(=O)c1ccc(NC(=O)COC(=O)c2cccc(N3C(=O)[C@@H]4[C@H]5C[C@@H]([C@@H](Cl)[C@H]5Cl)[C@H]4C3=O)c2)cc1. The lowest BCUT2D eigenvalue weighted by atomic mass is 9.80. The molecule has 6 atom stereocenters. The van der Waals surface area contributed by atoms with Crippen LogP contribution in [0, 0.1) is 29.6 Å². The van der Waals surface area contributed by atoms with Crippen LogP contribution in [0.25, 0.3) is 0 Å². The highest BCUT2D eigenvalue weighted by molar-refractivity contribution is 6.32. The van der Waals surface area contributed by atoms with E-state index >= 15 is 0 Å². The van der Waals surface area contributed by atoms with E-state index in [0.29, 0.717) is 24.3 Å². The van der Waals surface area contributed by atoms with Crippen LogP contribution in [-0.4, -0.2) is 53.6 Å². The number of alkyl halides is 2. The lowest BCUT2D eigenvalue weighted by molar-refractivity contribution is -0.123. The molecule has 1 heterocycles. The number of amides is 3. The smallest absolute Gasteiger partial charge is 0.338 e. The van der Waals surface area contributed by atoms with E-state index in [-0.39, 0.29) is 51.6 Å². The Morgan fingerprint density at radius 3 is 2.10 bits per heavy atom. The summed E-state index contributed by atoms with van der Waals surface area (Å²) in [7, 11) is 0. The lowest BCUT2D eigenvalue weighted by Gasteiger charge is -2.28. The highest BCUT2D eigenvalue weighted by Crippen LogP contribution is 2.59. The Balaban J connectivity index is 1.17. The van der Waals surface area contributed by atoms with Gasteiger partial charge in [-0.1, -0.05) is 19.9 Å². The monoisotopic (exact) mass is 586 g/mol. The zero-order valence-corrected chi connectivity index (χ0v) is 23.4. The molecule has 3 fully saturated rings. The number of halogens is 2. The van der Waals surface area contributed by atoms with E-state index in [2.05, 4.69) is 5.32 Å². The van der Waals surface area contributed by atoms with Crippen LogP contribution in [0.5, 0.6) is 0 Å². The van der Waals surface area contributed by atoms with Gasteiger partial charge in [0.25, 0.3) is 5.91 Å². The van der Waals surface area contributed by atoms with Crippen LogP contribution in [0.3, 0.4) is 0 Å². The zero-order valence-electron chi connectivity index (χ0n) is 21.8. The highest BCUT2D eigenvalue weighted by atomic mass is 35.5. The molecule has 0 radical (unpaired) electrons. The highest BCUT2D eigenvalue weighted by Gasteiger charge is 2.67. The molecule has 0 unspecified atom stereocenters. The summed E-state index contributed by atoms with van der Waals surface area (Å²) in [5.74, 6) is -3.59. The Hall–Kier alpha value is -3.43. The molecule has 0 spiro atoms. The summed E-state index contributed by atoms with van der Waals surface area (Å²) in [6.07, 6.45) is 0.659. The first-order valence-corrected chi connectivity index (χ1v) is 13.9. The standard InChI is InChI=1S/C29H28Cl2N2O7/c1-14(2)12-39-28(37)15-6-8-17(9-7-15)32-21(34)13-40-29(38)16-4-3-5-18(10-16)33-26(35)22-19-11-20(23(22)27(33)36)25(31)24(19)30/h3-10,14,19-20,22-25H,11-13H2,1-2H3,(H,32,34)/t19-,20-,22-,23-,24-,25+/m1/s1. The summed E-state index contributed by atoms with van der Waals surface area (Å²) in [5, 5.41) is 1.87. The molecule has 9 nitrogen and oxygen atoms in total. The summed E-state index contributed by atoms with van der Waals surface area (Å²) in [5.41, 5.74) is 1.10. The fraction of sp³-hybridized carbons (Fsp3) is 0.414. The molecule has 3 amide bonds. The maximum atomic E-state index is 13.2. The van der Waals surface area contributed by atoms with Gasteiger partial charge in [0.2, 0.25) is 11.8 Å². The van der Waals surface area contributed by atoms with Gasteiger partial charge >= 0.3 is 11.9 Å². The van der Waals surface area contributed by atoms with Crippen LogP contribution < -0.4 is 10.2 Å². The van der Waals surface area contributed by atoms with Crippen molar-refractivity contribution in [2.24, 2.45) is 29.6 Å². The number of carbonyl (C=O) groups is 5. The Bertz CT molecular complexity index is 1330. The molecule has 1 aliphatic heterocycles. The van der Waals surface area contributed by atoms with Crippen molar-refractivity contribution in [2.45, 2.75) is 31.0 Å². The third kappa shape index (κ3) is 5.20. The molecule has 2 bridgehead atoms. The Labute approximate surface area is 241 Å². The molecule has 3 aliphatic rings. The largest absolute Gasteiger partial charge is 0.462 e. The molecular formula is C29H28Cl2N2O7. The predicted octanol–water partition coefficient (Wildman–Crippen LogP) is 4.27. The van der Waals surface area contributed by atoms with E-state index in [9.17, 15) is 24.0 Å². The maximum Gasteiger partial charge on any atom is 0.338 e. The van der Waals surface area contributed by atoms with Gasteiger partial charge in [0.15, 0.2) is 6.61 Å². The third-order valence-corrected chi connectivity index (χ3v) is 8.93. The Morgan fingerprint density at radius 1 is 0.900 bits per heavy atom. The van der Waals surface area contributed by atoms with E-state index in [4.69, 9.17) is 32.7 Å². The van der Waals surface area contributed by atoms with Gasteiger partial charge in [-0.15, -0.1) is 23.2 Å². The number of imide groups is 1. The number of nitrogens with one attached hydrogen (secondary N) is 1. The van der Waals surface area contributed by atoms with E-state index < -0.39 is 36.3 Å². The van der Waals surface area contributed by atoms with Gasteiger partial charge < -0.3 is 14.8 Å². The second-order valence-electron chi connectivity index (χ2n) is 10.8. The van der Waals surface area contributed by atoms with Gasteiger partial charge in [0.05, 0.1) is 46.0 Å². The Morgan fingerprint density at radius 2 is 1.50 bits per heavy atom. The number of rotatable bonds is 8. The minimum atomic E-state index is -0.791. The van der Waals surface area contributed by atoms with Crippen molar-refractivity contribution < 1.29 is 33.4 Å². The van der Waals surface area contributed by atoms with Gasteiger partial charge in [-0.25, -0.2) is 9.59 Å². The summed E-state index contributed by atoms with van der Waals surface area (Å²) in [4.78, 5) is 64.6.